The van der Waals surface area contributed by atoms with Crippen molar-refractivity contribution < 1.29 is 17.9 Å². The molecule has 4 rings (SSSR count). The van der Waals surface area contributed by atoms with Crippen LogP contribution in [-0.2, 0) is 21.3 Å². The largest absolute Gasteiger partial charge is 0.377 e. The van der Waals surface area contributed by atoms with Crippen molar-refractivity contribution in [1.29, 1.82) is 0 Å². The van der Waals surface area contributed by atoms with Gasteiger partial charge in [-0.1, -0.05) is 23.7 Å². The molecule has 2 heterocycles. The van der Waals surface area contributed by atoms with Gasteiger partial charge in [0.2, 0.25) is 10.0 Å². The monoisotopic (exact) mass is 479 g/mol. The number of aromatic nitrogens is 1. The molecule has 1 saturated heterocycles. The van der Waals surface area contributed by atoms with E-state index in [9.17, 15) is 13.2 Å². The Morgan fingerprint density at radius 3 is 2.87 bits per heavy atom. The van der Waals surface area contributed by atoms with Gasteiger partial charge in [0.1, 0.15) is 9.90 Å². The van der Waals surface area contributed by atoms with Crippen molar-refractivity contribution in [3.05, 3.63) is 58.1 Å². The number of benzene rings is 2. The Hall–Kier alpha value is -2.04. The third-order valence-corrected chi connectivity index (χ3v) is 7.98. The van der Waals surface area contributed by atoms with Gasteiger partial charge in [0, 0.05) is 25.8 Å². The van der Waals surface area contributed by atoms with Gasteiger partial charge in [0.15, 0.2) is 0 Å². The minimum atomic E-state index is -3.88. The fourth-order valence-corrected chi connectivity index (χ4v) is 6.02. The van der Waals surface area contributed by atoms with E-state index >= 15 is 0 Å². The van der Waals surface area contributed by atoms with E-state index in [0.29, 0.717) is 13.2 Å². The smallest absolute Gasteiger partial charge is 0.254 e. The predicted molar refractivity (Wildman–Crippen MR) is 121 cm³/mol. The summed E-state index contributed by atoms with van der Waals surface area (Å²) in [5.41, 5.74) is 1.13. The van der Waals surface area contributed by atoms with Crippen molar-refractivity contribution in [2.45, 2.75) is 30.4 Å². The van der Waals surface area contributed by atoms with Gasteiger partial charge in [-0.15, -0.1) is 11.3 Å². The van der Waals surface area contributed by atoms with Crippen LogP contribution in [0.15, 0.2) is 47.4 Å². The van der Waals surface area contributed by atoms with E-state index < -0.39 is 10.0 Å². The van der Waals surface area contributed by atoms with Gasteiger partial charge >= 0.3 is 0 Å². The molecule has 2 aromatic carbocycles. The highest BCUT2D eigenvalue weighted by molar-refractivity contribution is 7.89. The van der Waals surface area contributed by atoms with Crippen molar-refractivity contribution in [3.63, 3.8) is 0 Å². The predicted octanol–water partition coefficient (Wildman–Crippen LogP) is 3.68. The number of hydrogen-bond acceptors (Lipinski definition) is 6. The lowest BCUT2D eigenvalue weighted by Gasteiger charge is -2.17. The molecule has 31 heavy (non-hydrogen) atoms. The number of para-hydroxylation sites is 1. The molecule has 0 bridgehead atoms. The maximum atomic E-state index is 12.9. The van der Waals surface area contributed by atoms with Crippen LogP contribution in [0.5, 0.6) is 0 Å². The molecule has 1 unspecified atom stereocenters. The van der Waals surface area contributed by atoms with Gasteiger partial charge in [0.25, 0.3) is 5.91 Å². The Balaban J connectivity index is 1.49. The van der Waals surface area contributed by atoms with Gasteiger partial charge in [-0.2, -0.15) is 0 Å². The summed E-state index contributed by atoms with van der Waals surface area (Å²) in [7, 11) is -2.22. The summed E-state index contributed by atoms with van der Waals surface area (Å²) in [4.78, 5) is 18.9. The van der Waals surface area contributed by atoms with Gasteiger partial charge in [0.05, 0.1) is 27.9 Å². The first-order chi connectivity index (χ1) is 14.8. The molecule has 1 aliphatic rings. The molecule has 0 saturated carbocycles. The molecular formula is C21H22ClN3O4S2. The number of amides is 1. The minimum absolute atomic E-state index is 0.0604. The zero-order valence-electron chi connectivity index (χ0n) is 16.9. The number of carbonyl (C=O) groups excluding carboxylic acids is 1. The maximum absolute atomic E-state index is 12.9. The number of hydrogen-bond donors (Lipinski definition) is 1. The Morgan fingerprint density at radius 2 is 2.13 bits per heavy atom. The van der Waals surface area contributed by atoms with Crippen LogP contribution >= 0.6 is 22.9 Å². The molecular weight excluding hydrogens is 458 g/mol. The number of thiazole rings is 1. The molecule has 1 N–H and O–H groups in total. The third-order valence-electron chi connectivity index (χ3n) is 5.05. The standard InChI is InChI=1S/C21H22ClN3O4S2/c1-25(13-20-24-17-6-2-3-7-18(17)30-20)21(26)14-8-9-16(22)19(11-14)31(27,28)23-12-15-5-4-10-29-15/h2-3,6-9,11,15,23H,4-5,10,12-13H2,1H3. The lowest BCUT2D eigenvalue weighted by Crippen LogP contribution is -2.32. The zero-order valence-corrected chi connectivity index (χ0v) is 19.3. The first-order valence-electron chi connectivity index (χ1n) is 9.84. The number of rotatable bonds is 7. The summed E-state index contributed by atoms with van der Waals surface area (Å²) in [5, 5.41) is 0.863. The first-order valence-corrected chi connectivity index (χ1v) is 12.5. The van der Waals surface area contributed by atoms with Crippen LogP contribution in [0.25, 0.3) is 10.2 Å². The third kappa shape index (κ3) is 5.07. The Kier molecular flexibility index (Phi) is 6.59. The van der Waals surface area contributed by atoms with E-state index in [0.717, 1.165) is 28.1 Å². The summed E-state index contributed by atoms with van der Waals surface area (Å²) in [6, 6.07) is 12.1. The summed E-state index contributed by atoms with van der Waals surface area (Å²) < 4.78 is 34.6. The highest BCUT2D eigenvalue weighted by Gasteiger charge is 2.24. The van der Waals surface area contributed by atoms with E-state index in [1.807, 2.05) is 24.3 Å². The summed E-state index contributed by atoms with van der Waals surface area (Å²) in [6.45, 7) is 1.13. The fourth-order valence-electron chi connectivity index (χ4n) is 3.41. The van der Waals surface area contributed by atoms with Crippen molar-refractivity contribution in [2.75, 3.05) is 20.2 Å². The lowest BCUT2D eigenvalue weighted by molar-refractivity contribution is 0.0784. The molecule has 1 fully saturated rings. The van der Waals surface area contributed by atoms with E-state index in [1.54, 1.807) is 7.05 Å². The van der Waals surface area contributed by atoms with Crippen LogP contribution in [0.1, 0.15) is 28.2 Å². The molecule has 0 aliphatic carbocycles. The second-order valence-electron chi connectivity index (χ2n) is 7.37. The average Bonchev–Trinajstić information content (AvgIpc) is 3.41. The number of nitrogens with one attached hydrogen (secondary N) is 1. The number of carbonyl (C=O) groups is 1. The molecule has 10 heteroatoms. The summed E-state index contributed by atoms with van der Waals surface area (Å²) >= 11 is 7.67. The van der Waals surface area contributed by atoms with E-state index in [1.165, 1.54) is 34.4 Å². The molecule has 3 aromatic rings. The van der Waals surface area contributed by atoms with Gasteiger partial charge in [-0.3, -0.25) is 4.79 Å². The highest BCUT2D eigenvalue weighted by atomic mass is 35.5. The van der Waals surface area contributed by atoms with Crippen LogP contribution in [0, 0.1) is 0 Å². The van der Waals surface area contributed by atoms with Crippen molar-refractivity contribution >= 4 is 49.1 Å². The Bertz CT molecular complexity index is 1170. The first kappa shape index (κ1) is 22.2. The maximum Gasteiger partial charge on any atom is 0.254 e. The average molecular weight is 480 g/mol. The van der Waals surface area contributed by atoms with Gasteiger partial charge in [-0.25, -0.2) is 18.1 Å². The van der Waals surface area contributed by atoms with Crippen LogP contribution in [0.4, 0.5) is 0 Å². The van der Waals surface area contributed by atoms with Crippen molar-refractivity contribution in [2.24, 2.45) is 0 Å². The second kappa shape index (κ2) is 9.22. The van der Waals surface area contributed by atoms with E-state index in [-0.39, 0.29) is 34.0 Å². The number of sulfonamides is 1. The van der Waals surface area contributed by atoms with Crippen molar-refractivity contribution in [1.82, 2.24) is 14.6 Å². The second-order valence-corrected chi connectivity index (χ2v) is 10.6. The Labute approximate surface area is 190 Å². The molecule has 0 spiro atoms. The zero-order chi connectivity index (χ0) is 22.0. The molecule has 7 nitrogen and oxygen atoms in total. The molecule has 0 radical (unpaired) electrons. The minimum Gasteiger partial charge on any atom is -0.377 e. The van der Waals surface area contributed by atoms with Crippen LogP contribution in [-0.4, -0.2) is 50.5 Å². The van der Waals surface area contributed by atoms with Gasteiger partial charge in [-0.05, 0) is 43.2 Å². The fraction of sp³-hybridized carbons (Fsp3) is 0.333. The topological polar surface area (TPSA) is 88.6 Å². The van der Waals surface area contributed by atoms with E-state index in [2.05, 4.69) is 9.71 Å². The summed E-state index contributed by atoms with van der Waals surface area (Å²) in [5.74, 6) is -0.313. The van der Waals surface area contributed by atoms with Crippen LogP contribution < -0.4 is 4.72 Å². The molecule has 1 aromatic heterocycles. The molecule has 1 amide bonds. The van der Waals surface area contributed by atoms with E-state index in [4.69, 9.17) is 16.3 Å². The molecule has 1 aliphatic heterocycles. The van der Waals surface area contributed by atoms with Crippen LogP contribution in [0.2, 0.25) is 5.02 Å². The number of fused-ring (bicyclic) bond motifs is 1. The normalized spacial score (nSPS) is 16.6. The number of nitrogens with zero attached hydrogens (tertiary/aromatic N) is 2. The van der Waals surface area contributed by atoms with Crippen LogP contribution in [0.3, 0.4) is 0 Å². The molecule has 164 valence electrons. The van der Waals surface area contributed by atoms with Crippen molar-refractivity contribution in [3.8, 4) is 0 Å². The highest BCUT2D eigenvalue weighted by Crippen LogP contribution is 2.25. The lowest BCUT2D eigenvalue weighted by atomic mass is 10.2. The van der Waals surface area contributed by atoms with Gasteiger partial charge < -0.3 is 9.64 Å². The Morgan fingerprint density at radius 1 is 1.32 bits per heavy atom. The SMILES string of the molecule is CN(Cc1nc2ccccc2s1)C(=O)c1ccc(Cl)c(S(=O)(=O)NCC2CCCO2)c1. The molecule has 1 atom stereocenters. The number of ether oxygens (including phenoxy) is 1. The quantitative estimate of drug-likeness (QED) is 0.558. The summed E-state index contributed by atoms with van der Waals surface area (Å²) in [6.07, 6.45) is 1.59. The number of halogens is 1.